The van der Waals surface area contributed by atoms with Crippen molar-refractivity contribution in [3.05, 3.63) is 35.5 Å². The van der Waals surface area contributed by atoms with Crippen LogP contribution in [0, 0.1) is 18.7 Å². The molecule has 1 saturated carbocycles. The number of nitrogens with two attached hydrogens (primary N) is 1. The molecule has 1 aromatic carbocycles. The number of carbonyl (C=O) groups excluding carboxylic acids is 1. The van der Waals surface area contributed by atoms with Gasteiger partial charge < -0.3 is 15.6 Å². The second-order valence-electron chi connectivity index (χ2n) is 6.22. The van der Waals surface area contributed by atoms with Crippen molar-refractivity contribution in [2.24, 2.45) is 11.7 Å². The summed E-state index contributed by atoms with van der Waals surface area (Å²) in [6.07, 6.45) is 2.90. The molecule has 128 valence electrons. The Balaban J connectivity index is 1.55. The Hall–Kier alpha value is -2.28. The molecule has 1 aliphatic rings. The predicted molar refractivity (Wildman–Crippen MR) is 86.5 cm³/mol. The van der Waals surface area contributed by atoms with Gasteiger partial charge in [0.25, 0.3) is 0 Å². The van der Waals surface area contributed by atoms with E-state index in [-0.39, 0.29) is 24.2 Å². The zero-order valence-corrected chi connectivity index (χ0v) is 13.6. The van der Waals surface area contributed by atoms with Crippen LogP contribution in [0.2, 0.25) is 0 Å². The molecule has 1 amide bonds. The number of carbonyl (C=O) groups is 1. The summed E-state index contributed by atoms with van der Waals surface area (Å²) < 4.78 is 18.5. The molecule has 1 aromatic heterocycles. The van der Waals surface area contributed by atoms with Crippen LogP contribution in [0.15, 0.2) is 22.7 Å². The summed E-state index contributed by atoms with van der Waals surface area (Å²) >= 11 is 0. The number of benzene rings is 1. The van der Waals surface area contributed by atoms with E-state index >= 15 is 0 Å². The minimum absolute atomic E-state index is 0.0604. The number of halogens is 1. The van der Waals surface area contributed by atoms with E-state index in [4.69, 9.17) is 10.3 Å². The van der Waals surface area contributed by atoms with Crippen LogP contribution in [-0.2, 0) is 11.2 Å². The lowest BCUT2D eigenvalue weighted by Gasteiger charge is -2.15. The number of nitrogens with zero attached hydrogens (tertiary/aromatic N) is 2. The summed E-state index contributed by atoms with van der Waals surface area (Å²) in [6.45, 7) is 2.14. The van der Waals surface area contributed by atoms with Gasteiger partial charge in [-0.25, -0.2) is 4.39 Å². The molecule has 0 bridgehead atoms. The lowest BCUT2D eigenvalue weighted by molar-refractivity contribution is -0.121. The van der Waals surface area contributed by atoms with Gasteiger partial charge in [0.15, 0.2) is 0 Å². The maximum atomic E-state index is 13.3. The average Bonchev–Trinajstić information content (AvgIpc) is 3.31. The van der Waals surface area contributed by atoms with Crippen molar-refractivity contribution in [1.82, 2.24) is 15.5 Å². The van der Waals surface area contributed by atoms with Crippen molar-refractivity contribution in [2.45, 2.75) is 38.6 Å². The fraction of sp³-hybridized carbons (Fsp3) is 0.471. The van der Waals surface area contributed by atoms with Crippen LogP contribution in [0.25, 0.3) is 11.4 Å². The van der Waals surface area contributed by atoms with Crippen molar-refractivity contribution in [3.63, 3.8) is 0 Å². The smallest absolute Gasteiger partial charge is 0.227 e. The Bertz CT molecular complexity index is 727. The molecule has 0 aliphatic heterocycles. The van der Waals surface area contributed by atoms with Crippen LogP contribution in [0.1, 0.15) is 30.7 Å². The maximum absolute atomic E-state index is 13.3. The molecule has 6 nitrogen and oxygen atoms in total. The monoisotopic (exact) mass is 332 g/mol. The number of hydrogen-bond acceptors (Lipinski definition) is 5. The lowest BCUT2D eigenvalue weighted by atomic mass is 10.1. The van der Waals surface area contributed by atoms with Gasteiger partial charge in [-0.15, -0.1) is 0 Å². The standard InChI is InChI=1S/C17H21FN4O2/c1-10-8-12(4-5-13(10)18)17-21-16(24-22-17)7-6-15(23)20-14(9-19)11-2-3-11/h4-5,8,11,14H,2-3,6-7,9,19H2,1H3,(H,20,23). The summed E-state index contributed by atoms with van der Waals surface area (Å²) in [5.41, 5.74) is 6.88. The number of hydrogen-bond donors (Lipinski definition) is 2. The summed E-state index contributed by atoms with van der Waals surface area (Å²) in [4.78, 5) is 16.2. The highest BCUT2D eigenvalue weighted by molar-refractivity contribution is 5.76. The van der Waals surface area contributed by atoms with Crippen LogP contribution in [0.4, 0.5) is 4.39 Å². The molecule has 1 aliphatic carbocycles. The summed E-state index contributed by atoms with van der Waals surface area (Å²) in [5, 5.41) is 6.85. The maximum Gasteiger partial charge on any atom is 0.227 e. The van der Waals surface area contributed by atoms with Crippen molar-refractivity contribution in [1.29, 1.82) is 0 Å². The van der Waals surface area contributed by atoms with E-state index in [0.717, 1.165) is 12.8 Å². The SMILES string of the molecule is Cc1cc(-c2noc(CCC(=O)NC(CN)C3CC3)n2)ccc1F. The number of nitrogens with one attached hydrogen (secondary N) is 1. The number of amides is 1. The van der Waals surface area contributed by atoms with Gasteiger partial charge in [-0.3, -0.25) is 4.79 Å². The van der Waals surface area contributed by atoms with E-state index in [1.807, 2.05) is 0 Å². The number of aryl methyl sites for hydroxylation is 2. The van der Waals surface area contributed by atoms with E-state index in [0.29, 0.717) is 41.7 Å². The third-order valence-electron chi connectivity index (χ3n) is 4.24. The highest BCUT2D eigenvalue weighted by Crippen LogP contribution is 2.32. The summed E-state index contributed by atoms with van der Waals surface area (Å²) in [6, 6.07) is 4.71. The van der Waals surface area contributed by atoms with Crippen LogP contribution < -0.4 is 11.1 Å². The summed E-state index contributed by atoms with van der Waals surface area (Å²) in [5.74, 6) is 0.971. The van der Waals surface area contributed by atoms with Gasteiger partial charge >= 0.3 is 0 Å². The molecule has 0 radical (unpaired) electrons. The third kappa shape index (κ3) is 3.97. The molecular weight excluding hydrogens is 311 g/mol. The molecule has 1 heterocycles. The zero-order chi connectivity index (χ0) is 17.1. The molecule has 0 spiro atoms. The highest BCUT2D eigenvalue weighted by Gasteiger charge is 2.31. The Morgan fingerprint density at radius 3 is 2.96 bits per heavy atom. The Morgan fingerprint density at radius 1 is 1.50 bits per heavy atom. The summed E-state index contributed by atoms with van der Waals surface area (Å²) in [7, 11) is 0. The fourth-order valence-corrected chi connectivity index (χ4v) is 2.62. The van der Waals surface area contributed by atoms with Crippen LogP contribution >= 0.6 is 0 Å². The average molecular weight is 332 g/mol. The Labute approximate surface area is 139 Å². The van der Waals surface area contributed by atoms with Gasteiger partial charge in [-0.05, 0) is 49.4 Å². The van der Waals surface area contributed by atoms with Gasteiger partial charge in [0.1, 0.15) is 5.82 Å². The predicted octanol–water partition coefficient (Wildman–Crippen LogP) is 1.97. The molecule has 1 atom stereocenters. The van der Waals surface area contributed by atoms with Gasteiger partial charge in [-0.2, -0.15) is 4.98 Å². The minimum Gasteiger partial charge on any atom is -0.352 e. The largest absolute Gasteiger partial charge is 0.352 e. The fourth-order valence-electron chi connectivity index (χ4n) is 2.62. The first kappa shape index (κ1) is 16.6. The highest BCUT2D eigenvalue weighted by atomic mass is 19.1. The molecule has 24 heavy (non-hydrogen) atoms. The van der Waals surface area contributed by atoms with Crippen molar-refractivity contribution in [3.8, 4) is 11.4 Å². The van der Waals surface area contributed by atoms with E-state index in [9.17, 15) is 9.18 Å². The van der Waals surface area contributed by atoms with E-state index < -0.39 is 0 Å². The normalized spacial score (nSPS) is 15.3. The van der Waals surface area contributed by atoms with Crippen LogP contribution in [0.3, 0.4) is 0 Å². The molecule has 1 fully saturated rings. The topological polar surface area (TPSA) is 94.0 Å². The quantitative estimate of drug-likeness (QED) is 0.808. The zero-order valence-electron chi connectivity index (χ0n) is 13.6. The molecule has 0 saturated heterocycles. The van der Waals surface area contributed by atoms with Crippen molar-refractivity contribution >= 4 is 5.91 Å². The molecule has 7 heteroatoms. The Kier molecular flexibility index (Phi) is 4.89. The van der Waals surface area contributed by atoms with Crippen molar-refractivity contribution in [2.75, 3.05) is 6.54 Å². The lowest BCUT2D eigenvalue weighted by Crippen LogP contribution is -2.41. The number of rotatable bonds is 7. The first-order valence-electron chi connectivity index (χ1n) is 8.15. The van der Waals surface area contributed by atoms with E-state index in [1.165, 1.54) is 6.07 Å². The number of aromatic nitrogens is 2. The van der Waals surface area contributed by atoms with Gasteiger partial charge in [-0.1, -0.05) is 5.16 Å². The van der Waals surface area contributed by atoms with Crippen LogP contribution in [-0.4, -0.2) is 28.6 Å². The van der Waals surface area contributed by atoms with Gasteiger partial charge in [0.05, 0.1) is 0 Å². The second kappa shape index (κ2) is 7.09. The first-order chi connectivity index (χ1) is 11.6. The first-order valence-corrected chi connectivity index (χ1v) is 8.15. The minimum atomic E-state index is -0.274. The van der Waals surface area contributed by atoms with E-state index in [1.54, 1.807) is 19.1 Å². The second-order valence-corrected chi connectivity index (χ2v) is 6.22. The van der Waals surface area contributed by atoms with E-state index in [2.05, 4.69) is 15.5 Å². The molecule has 1 unspecified atom stereocenters. The van der Waals surface area contributed by atoms with Crippen LogP contribution in [0.5, 0.6) is 0 Å². The molecular formula is C17H21FN4O2. The van der Waals surface area contributed by atoms with Gasteiger partial charge in [0, 0.05) is 31.0 Å². The molecule has 3 N–H and O–H groups in total. The van der Waals surface area contributed by atoms with Gasteiger partial charge in [0.2, 0.25) is 17.6 Å². The third-order valence-corrected chi connectivity index (χ3v) is 4.24. The van der Waals surface area contributed by atoms with Crippen molar-refractivity contribution < 1.29 is 13.7 Å². The molecule has 2 aromatic rings. The Morgan fingerprint density at radius 2 is 2.29 bits per heavy atom. The molecule has 3 rings (SSSR count).